The molecule has 0 saturated carbocycles. The van der Waals surface area contributed by atoms with Crippen LogP contribution >= 0.6 is 11.6 Å². The Hall–Kier alpha value is -4.41. The Morgan fingerprint density at radius 3 is 2.54 bits per heavy atom. The zero-order valence-electron chi connectivity index (χ0n) is 21.7. The van der Waals surface area contributed by atoms with Gasteiger partial charge in [-0.1, -0.05) is 11.6 Å². The van der Waals surface area contributed by atoms with Gasteiger partial charge in [-0.05, 0) is 66.2 Å². The smallest absolute Gasteiger partial charge is 0.335 e. The van der Waals surface area contributed by atoms with E-state index in [2.05, 4.69) is 9.97 Å². The molecule has 5 aromatic rings. The van der Waals surface area contributed by atoms with Crippen LogP contribution in [0.4, 0.5) is 13.2 Å². The maximum Gasteiger partial charge on any atom is 0.335 e. The summed E-state index contributed by atoms with van der Waals surface area (Å²) in [5, 5.41) is 9.73. The molecule has 3 aromatic carbocycles. The third kappa shape index (κ3) is 6.03. The van der Waals surface area contributed by atoms with Gasteiger partial charge in [0.05, 0.1) is 23.2 Å². The van der Waals surface area contributed by atoms with Gasteiger partial charge in [-0.3, -0.25) is 0 Å². The Morgan fingerprint density at radius 1 is 1.02 bits per heavy atom. The Morgan fingerprint density at radius 2 is 1.80 bits per heavy atom. The van der Waals surface area contributed by atoms with E-state index in [1.165, 1.54) is 55.8 Å². The molecular formula is C30H23ClF3N3O4. The van der Waals surface area contributed by atoms with Gasteiger partial charge in [0.2, 0.25) is 5.88 Å². The van der Waals surface area contributed by atoms with Gasteiger partial charge in [0.25, 0.3) is 0 Å². The molecule has 0 amide bonds. The van der Waals surface area contributed by atoms with E-state index in [1.807, 2.05) is 0 Å². The third-order valence-corrected chi connectivity index (χ3v) is 6.76. The highest BCUT2D eigenvalue weighted by atomic mass is 35.5. The minimum Gasteiger partial charge on any atom is -0.478 e. The van der Waals surface area contributed by atoms with Crippen molar-refractivity contribution in [2.75, 3.05) is 13.7 Å². The summed E-state index contributed by atoms with van der Waals surface area (Å²) in [6, 6.07) is 14.0. The number of aromatic nitrogens is 3. The molecule has 41 heavy (non-hydrogen) atoms. The highest BCUT2D eigenvalue weighted by Gasteiger charge is 2.20. The van der Waals surface area contributed by atoms with Crippen molar-refractivity contribution in [2.24, 2.45) is 0 Å². The molecule has 210 valence electrons. The summed E-state index contributed by atoms with van der Waals surface area (Å²) in [6.45, 7) is 0.388. The monoisotopic (exact) mass is 581 g/mol. The second-order valence-electron chi connectivity index (χ2n) is 9.16. The maximum absolute atomic E-state index is 15.5. The molecule has 0 atom stereocenters. The fourth-order valence-corrected chi connectivity index (χ4v) is 4.68. The van der Waals surface area contributed by atoms with Crippen LogP contribution < -0.4 is 4.74 Å². The molecule has 0 spiro atoms. The molecule has 0 aliphatic rings. The number of halogens is 4. The summed E-state index contributed by atoms with van der Waals surface area (Å²) in [5.41, 5.74) is 1.55. The molecule has 0 aliphatic carbocycles. The molecule has 0 bridgehead atoms. The van der Waals surface area contributed by atoms with Crippen molar-refractivity contribution < 1.29 is 32.5 Å². The summed E-state index contributed by atoms with van der Waals surface area (Å²) in [4.78, 5) is 20.2. The second kappa shape index (κ2) is 12.0. The average molecular weight is 582 g/mol. The van der Waals surface area contributed by atoms with Crippen LogP contribution in [-0.2, 0) is 24.3 Å². The van der Waals surface area contributed by atoms with E-state index in [0.29, 0.717) is 34.0 Å². The first-order valence-electron chi connectivity index (χ1n) is 12.5. The lowest BCUT2D eigenvalue weighted by Gasteiger charge is -2.13. The number of imidazole rings is 1. The molecule has 1 N–H and O–H groups in total. The van der Waals surface area contributed by atoms with Gasteiger partial charge in [-0.15, -0.1) is 0 Å². The SMILES string of the molecule is COCCn1c(Cc2c(F)cc(-c3cccnc3OCc3cc(Cl)ccc3F)cc2F)nc2ccc(C(=O)O)cc21. The Bertz CT molecular complexity index is 1740. The Kier molecular flexibility index (Phi) is 8.23. The van der Waals surface area contributed by atoms with E-state index in [-0.39, 0.29) is 47.8 Å². The Balaban J connectivity index is 1.47. The lowest BCUT2D eigenvalue weighted by atomic mass is 10.0. The molecule has 0 radical (unpaired) electrons. The van der Waals surface area contributed by atoms with E-state index in [4.69, 9.17) is 21.1 Å². The fraction of sp³-hybridized carbons (Fsp3) is 0.167. The van der Waals surface area contributed by atoms with Gasteiger partial charge in [-0.25, -0.2) is 27.9 Å². The number of aromatic carboxylic acids is 1. The largest absolute Gasteiger partial charge is 0.478 e. The summed E-state index contributed by atoms with van der Waals surface area (Å²) in [5.74, 6) is -2.83. The molecular weight excluding hydrogens is 559 g/mol. The maximum atomic E-state index is 15.5. The van der Waals surface area contributed by atoms with Crippen LogP contribution in [0.2, 0.25) is 5.02 Å². The van der Waals surface area contributed by atoms with Gasteiger partial charge in [0.15, 0.2) is 0 Å². The van der Waals surface area contributed by atoms with Crippen molar-refractivity contribution in [3.05, 3.63) is 112 Å². The number of hydrogen-bond acceptors (Lipinski definition) is 5. The lowest BCUT2D eigenvalue weighted by molar-refractivity contribution is 0.0697. The molecule has 2 aromatic heterocycles. The lowest BCUT2D eigenvalue weighted by Crippen LogP contribution is -2.11. The normalized spacial score (nSPS) is 11.2. The van der Waals surface area contributed by atoms with Crippen molar-refractivity contribution in [3.8, 4) is 17.0 Å². The van der Waals surface area contributed by atoms with E-state index in [1.54, 1.807) is 22.8 Å². The van der Waals surface area contributed by atoms with Gasteiger partial charge in [0, 0.05) is 48.0 Å². The molecule has 11 heteroatoms. The van der Waals surface area contributed by atoms with Crippen LogP contribution in [0.15, 0.2) is 66.9 Å². The van der Waals surface area contributed by atoms with Crippen LogP contribution in [0.1, 0.15) is 27.3 Å². The van der Waals surface area contributed by atoms with Crippen LogP contribution in [0, 0.1) is 17.5 Å². The highest BCUT2D eigenvalue weighted by molar-refractivity contribution is 6.30. The number of carboxylic acids is 1. The van der Waals surface area contributed by atoms with Gasteiger partial charge >= 0.3 is 5.97 Å². The summed E-state index contributed by atoms with van der Waals surface area (Å²) in [6.07, 6.45) is 1.26. The van der Waals surface area contributed by atoms with E-state index < -0.39 is 23.4 Å². The minimum atomic E-state index is -1.10. The van der Waals surface area contributed by atoms with Crippen molar-refractivity contribution in [1.82, 2.24) is 14.5 Å². The highest BCUT2D eigenvalue weighted by Crippen LogP contribution is 2.32. The zero-order chi connectivity index (χ0) is 29.1. The topological polar surface area (TPSA) is 86.5 Å². The minimum absolute atomic E-state index is 0.0639. The van der Waals surface area contributed by atoms with Crippen LogP contribution in [0.25, 0.3) is 22.2 Å². The van der Waals surface area contributed by atoms with E-state index >= 15 is 8.78 Å². The standard InChI is InChI=1S/C30H23ClF3N3O4/c1-40-10-9-37-27-14-17(30(38)39)4-7-26(27)36-28(37)15-22-24(33)12-18(13-25(22)34)21-3-2-8-35-29(21)41-16-19-11-20(31)5-6-23(19)32/h2-8,11-14H,9-10,15-16H2,1H3,(H,38,39). The third-order valence-electron chi connectivity index (χ3n) is 6.52. The molecule has 7 nitrogen and oxygen atoms in total. The Labute approximate surface area is 237 Å². The van der Waals surface area contributed by atoms with E-state index in [9.17, 15) is 14.3 Å². The first kappa shape index (κ1) is 28.1. The number of pyridine rings is 1. The molecule has 0 unspecified atom stereocenters. The first-order valence-corrected chi connectivity index (χ1v) is 12.8. The van der Waals surface area contributed by atoms with Crippen molar-refractivity contribution >= 4 is 28.6 Å². The quantitative estimate of drug-likeness (QED) is 0.198. The molecule has 2 heterocycles. The first-order chi connectivity index (χ1) is 19.7. The number of rotatable bonds is 10. The predicted molar refractivity (Wildman–Crippen MR) is 147 cm³/mol. The number of methoxy groups -OCH3 is 1. The number of carbonyl (C=O) groups is 1. The van der Waals surface area contributed by atoms with Crippen LogP contribution in [0.3, 0.4) is 0 Å². The van der Waals surface area contributed by atoms with Crippen LogP contribution in [0.5, 0.6) is 5.88 Å². The fourth-order valence-electron chi connectivity index (χ4n) is 4.48. The van der Waals surface area contributed by atoms with Gasteiger partial charge < -0.3 is 19.1 Å². The predicted octanol–water partition coefficient (Wildman–Crippen LogP) is 6.68. The number of fused-ring (bicyclic) bond motifs is 1. The zero-order valence-corrected chi connectivity index (χ0v) is 22.5. The summed E-state index contributed by atoms with van der Waals surface area (Å²) >= 11 is 5.95. The van der Waals surface area contributed by atoms with Crippen LogP contribution in [-0.4, -0.2) is 39.3 Å². The van der Waals surface area contributed by atoms with Gasteiger partial charge in [0.1, 0.15) is 29.9 Å². The number of hydrogen-bond donors (Lipinski definition) is 1. The summed E-state index contributed by atoms with van der Waals surface area (Å²) in [7, 11) is 1.52. The second-order valence-corrected chi connectivity index (χ2v) is 9.59. The van der Waals surface area contributed by atoms with Crippen molar-refractivity contribution in [2.45, 2.75) is 19.6 Å². The summed E-state index contributed by atoms with van der Waals surface area (Å²) < 4.78 is 57.7. The average Bonchev–Trinajstić information content (AvgIpc) is 3.30. The number of benzene rings is 3. The molecule has 0 fully saturated rings. The molecule has 0 aliphatic heterocycles. The number of nitrogens with zero attached hydrogens (tertiary/aromatic N) is 3. The molecule has 0 saturated heterocycles. The number of ether oxygens (including phenoxy) is 2. The van der Waals surface area contributed by atoms with Crippen molar-refractivity contribution in [3.63, 3.8) is 0 Å². The van der Waals surface area contributed by atoms with Gasteiger partial charge in [-0.2, -0.15) is 0 Å². The molecule has 5 rings (SSSR count). The number of carboxylic acid groups (broad SMARTS) is 1. The van der Waals surface area contributed by atoms with E-state index in [0.717, 1.165) is 0 Å². The van der Waals surface area contributed by atoms with Crippen molar-refractivity contribution in [1.29, 1.82) is 0 Å².